The fourth-order valence-electron chi connectivity index (χ4n) is 1.33. The first-order chi connectivity index (χ1) is 7.20. The van der Waals surface area contributed by atoms with Crippen molar-refractivity contribution in [2.75, 3.05) is 47.1 Å². The molecule has 0 atom stereocenters. The monoisotopic (exact) mass is 217 g/mol. The quantitative estimate of drug-likeness (QED) is 0.546. The van der Waals surface area contributed by atoms with Gasteiger partial charge in [0.25, 0.3) is 0 Å². The van der Waals surface area contributed by atoms with E-state index < -0.39 is 0 Å². The Morgan fingerprint density at radius 2 is 1.60 bits per heavy atom. The number of nitrogens with zero attached hydrogens (tertiary/aromatic N) is 1. The van der Waals surface area contributed by atoms with Gasteiger partial charge in [0, 0.05) is 33.7 Å². The normalized spacial score (nSPS) is 10.9. The van der Waals surface area contributed by atoms with Crippen molar-refractivity contribution in [3.63, 3.8) is 0 Å². The SMILES string of the molecule is COCCN(CCCC(C)=O)CCOC. The Hall–Kier alpha value is -0.450. The molecule has 4 heteroatoms. The lowest BCUT2D eigenvalue weighted by Gasteiger charge is -2.21. The van der Waals surface area contributed by atoms with Crippen LogP contribution in [0.25, 0.3) is 0 Å². The van der Waals surface area contributed by atoms with E-state index >= 15 is 0 Å². The fraction of sp³-hybridized carbons (Fsp3) is 0.909. The first-order valence-corrected chi connectivity index (χ1v) is 5.40. The number of ether oxygens (including phenoxy) is 2. The number of ketones is 1. The molecule has 0 fully saturated rings. The van der Waals surface area contributed by atoms with Gasteiger partial charge in [-0.05, 0) is 19.9 Å². The second kappa shape index (κ2) is 10.1. The van der Waals surface area contributed by atoms with Crippen LogP contribution in [0.1, 0.15) is 19.8 Å². The maximum absolute atomic E-state index is 10.8. The van der Waals surface area contributed by atoms with Gasteiger partial charge in [0.15, 0.2) is 0 Å². The molecule has 90 valence electrons. The van der Waals surface area contributed by atoms with Crippen LogP contribution in [0, 0.1) is 0 Å². The molecule has 0 bridgehead atoms. The van der Waals surface area contributed by atoms with E-state index in [0.29, 0.717) is 6.42 Å². The summed E-state index contributed by atoms with van der Waals surface area (Å²) in [5.41, 5.74) is 0. The van der Waals surface area contributed by atoms with Crippen LogP contribution < -0.4 is 0 Å². The van der Waals surface area contributed by atoms with E-state index in [-0.39, 0.29) is 5.78 Å². The van der Waals surface area contributed by atoms with Gasteiger partial charge in [-0.1, -0.05) is 0 Å². The van der Waals surface area contributed by atoms with Gasteiger partial charge in [-0.15, -0.1) is 0 Å². The van der Waals surface area contributed by atoms with Gasteiger partial charge >= 0.3 is 0 Å². The van der Waals surface area contributed by atoms with E-state index in [2.05, 4.69) is 4.90 Å². The van der Waals surface area contributed by atoms with Crippen molar-refractivity contribution in [3.8, 4) is 0 Å². The zero-order chi connectivity index (χ0) is 11.5. The highest BCUT2D eigenvalue weighted by Gasteiger charge is 2.04. The topological polar surface area (TPSA) is 38.8 Å². The number of methoxy groups -OCH3 is 2. The zero-order valence-corrected chi connectivity index (χ0v) is 10.1. The second-order valence-electron chi connectivity index (χ2n) is 3.63. The molecule has 0 rings (SSSR count). The van der Waals surface area contributed by atoms with Crippen molar-refractivity contribution >= 4 is 5.78 Å². The average Bonchev–Trinajstić information content (AvgIpc) is 2.20. The Kier molecular flexibility index (Phi) is 9.78. The molecule has 0 radical (unpaired) electrons. The molecule has 0 spiro atoms. The fourth-order valence-corrected chi connectivity index (χ4v) is 1.33. The van der Waals surface area contributed by atoms with E-state index in [1.165, 1.54) is 0 Å². The Bertz CT molecular complexity index is 154. The number of rotatable bonds is 10. The van der Waals surface area contributed by atoms with Gasteiger partial charge in [-0.2, -0.15) is 0 Å². The summed E-state index contributed by atoms with van der Waals surface area (Å²) in [5.74, 6) is 0.258. The maximum Gasteiger partial charge on any atom is 0.129 e. The summed E-state index contributed by atoms with van der Waals surface area (Å²) >= 11 is 0. The minimum Gasteiger partial charge on any atom is -0.383 e. The summed E-state index contributed by atoms with van der Waals surface area (Å²) in [6.45, 7) is 5.82. The first-order valence-electron chi connectivity index (χ1n) is 5.40. The third kappa shape index (κ3) is 9.85. The van der Waals surface area contributed by atoms with Crippen LogP contribution in [-0.4, -0.2) is 57.8 Å². The van der Waals surface area contributed by atoms with Crippen molar-refractivity contribution in [2.24, 2.45) is 0 Å². The van der Waals surface area contributed by atoms with Crippen molar-refractivity contribution in [1.82, 2.24) is 4.90 Å². The third-order valence-electron chi connectivity index (χ3n) is 2.23. The van der Waals surface area contributed by atoms with Gasteiger partial charge in [0.2, 0.25) is 0 Å². The molecule has 0 unspecified atom stereocenters. The number of Topliss-reactive ketones (excluding diaryl/α,β-unsaturated/α-hetero) is 1. The van der Waals surface area contributed by atoms with E-state index in [9.17, 15) is 4.79 Å². The number of carbonyl (C=O) groups excluding carboxylic acids is 1. The summed E-state index contributed by atoms with van der Waals surface area (Å²) in [7, 11) is 3.40. The molecule has 0 aliphatic heterocycles. The molecule has 0 N–H and O–H groups in total. The predicted octanol–water partition coefficient (Wildman–Crippen LogP) is 0.950. The van der Waals surface area contributed by atoms with Crippen LogP contribution in [0.2, 0.25) is 0 Å². The largest absolute Gasteiger partial charge is 0.383 e. The van der Waals surface area contributed by atoms with E-state index in [1.807, 2.05) is 0 Å². The average molecular weight is 217 g/mol. The summed E-state index contributed by atoms with van der Waals surface area (Å²) in [4.78, 5) is 13.0. The number of hydrogen-bond acceptors (Lipinski definition) is 4. The first kappa shape index (κ1) is 14.6. The van der Waals surface area contributed by atoms with Gasteiger partial charge in [-0.25, -0.2) is 0 Å². The van der Waals surface area contributed by atoms with Crippen molar-refractivity contribution in [2.45, 2.75) is 19.8 Å². The molecule has 0 aromatic carbocycles. The second-order valence-corrected chi connectivity index (χ2v) is 3.63. The smallest absolute Gasteiger partial charge is 0.129 e. The highest BCUT2D eigenvalue weighted by molar-refractivity contribution is 5.75. The van der Waals surface area contributed by atoms with Gasteiger partial charge in [0.1, 0.15) is 5.78 Å². The minimum atomic E-state index is 0.258. The van der Waals surface area contributed by atoms with Gasteiger partial charge in [0.05, 0.1) is 13.2 Å². The van der Waals surface area contributed by atoms with Crippen molar-refractivity contribution in [1.29, 1.82) is 0 Å². The van der Waals surface area contributed by atoms with Crippen LogP contribution in [-0.2, 0) is 14.3 Å². The standard InChI is InChI=1S/C11H23NO3/c1-11(13)5-4-6-12(7-9-14-2)8-10-15-3/h4-10H2,1-3H3. The summed E-state index contributed by atoms with van der Waals surface area (Å²) < 4.78 is 10.1. The Morgan fingerprint density at radius 1 is 1.07 bits per heavy atom. The molecule has 0 heterocycles. The Morgan fingerprint density at radius 3 is 2.00 bits per heavy atom. The van der Waals surface area contributed by atoms with Crippen molar-refractivity contribution < 1.29 is 14.3 Å². The number of carbonyl (C=O) groups is 1. The predicted molar refractivity (Wildman–Crippen MR) is 60.1 cm³/mol. The van der Waals surface area contributed by atoms with E-state index in [4.69, 9.17) is 9.47 Å². The molecular weight excluding hydrogens is 194 g/mol. The highest BCUT2D eigenvalue weighted by atomic mass is 16.5. The van der Waals surface area contributed by atoms with E-state index in [1.54, 1.807) is 21.1 Å². The van der Waals surface area contributed by atoms with Crippen LogP contribution in [0.3, 0.4) is 0 Å². The summed E-state index contributed by atoms with van der Waals surface area (Å²) in [5, 5.41) is 0. The molecule has 0 saturated carbocycles. The number of hydrogen-bond donors (Lipinski definition) is 0. The molecule has 15 heavy (non-hydrogen) atoms. The molecule has 0 aromatic rings. The van der Waals surface area contributed by atoms with Gasteiger partial charge in [-0.3, -0.25) is 4.90 Å². The summed E-state index contributed by atoms with van der Waals surface area (Å²) in [6, 6.07) is 0. The molecule has 0 aliphatic rings. The lowest BCUT2D eigenvalue weighted by molar-refractivity contribution is -0.117. The van der Waals surface area contributed by atoms with Gasteiger partial charge < -0.3 is 14.3 Å². The maximum atomic E-state index is 10.8. The van der Waals surface area contributed by atoms with Crippen molar-refractivity contribution in [3.05, 3.63) is 0 Å². The van der Waals surface area contributed by atoms with E-state index in [0.717, 1.165) is 39.3 Å². The van der Waals surface area contributed by atoms with Crippen LogP contribution in [0.5, 0.6) is 0 Å². The summed E-state index contributed by atoms with van der Waals surface area (Å²) in [6.07, 6.45) is 1.58. The molecule has 0 saturated heterocycles. The van der Waals surface area contributed by atoms with Crippen LogP contribution in [0.15, 0.2) is 0 Å². The van der Waals surface area contributed by atoms with Crippen LogP contribution in [0.4, 0.5) is 0 Å². The lowest BCUT2D eigenvalue weighted by atomic mass is 10.2. The minimum absolute atomic E-state index is 0.258. The highest BCUT2D eigenvalue weighted by Crippen LogP contribution is 1.96. The molecule has 4 nitrogen and oxygen atoms in total. The molecule has 0 aliphatic carbocycles. The zero-order valence-electron chi connectivity index (χ0n) is 10.1. The Balaban J connectivity index is 3.63. The molecular formula is C11H23NO3. The van der Waals surface area contributed by atoms with Crippen LogP contribution >= 0.6 is 0 Å². The Labute approximate surface area is 92.5 Å². The third-order valence-corrected chi connectivity index (χ3v) is 2.23. The molecule has 0 aromatic heterocycles. The molecule has 0 amide bonds. The lowest BCUT2D eigenvalue weighted by Crippen LogP contribution is -2.31.